The highest BCUT2D eigenvalue weighted by atomic mass is 32.2. The molecule has 1 aromatic heterocycles. The number of amides is 1. The molecule has 0 unspecified atom stereocenters. The number of sulfone groups is 1. The van der Waals surface area contributed by atoms with Crippen molar-refractivity contribution in [3.63, 3.8) is 0 Å². The van der Waals surface area contributed by atoms with Gasteiger partial charge in [-0.05, 0) is 26.8 Å². The fraction of sp³-hybridized carbons (Fsp3) is 0.333. The smallest absolute Gasteiger partial charge is 0.239 e. The highest BCUT2D eigenvalue weighted by molar-refractivity contribution is 7.92. The van der Waals surface area contributed by atoms with Gasteiger partial charge in [0.2, 0.25) is 5.91 Å². The van der Waals surface area contributed by atoms with Gasteiger partial charge >= 0.3 is 0 Å². The number of carbonyl (C=O) groups excluding carboxylic acids is 1. The van der Waals surface area contributed by atoms with Crippen molar-refractivity contribution in [3.05, 3.63) is 47.0 Å². The van der Waals surface area contributed by atoms with Crippen LogP contribution >= 0.6 is 0 Å². The quantitative estimate of drug-likeness (QED) is 0.874. The summed E-state index contributed by atoms with van der Waals surface area (Å²) in [6.45, 7) is 4.77. The SMILES string of the molecule is Cc1n[nH]c(C)c1NC(=O)CS(=O)(=O)[C@H](C)c1ccccc1F. The molecule has 8 heteroatoms. The van der Waals surface area contributed by atoms with E-state index in [-0.39, 0.29) is 5.56 Å². The van der Waals surface area contributed by atoms with E-state index in [4.69, 9.17) is 0 Å². The zero-order chi connectivity index (χ0) is 17.2. The second kappa shape index (κ2) is 6.49. The molecular formula is C15H18FN3O3S. The number of anilines is 1. The summed E-state index contributed by atoms with van der Waals surface area (Å²) in [5, 5.41) is 8.04. The van der Waals surface area contributed by atoms with Crippen LogP contribution in [0.5, 0.6) is 0 Å². The minimum atomic E-state index is -3.85. The van der Waals surface area contributed by atoms with Crippen molar-refractivity contribution in [2.24, 2.45) is 0 Å². The third-order valence-corrected chi connectivity index (χ3v) is 5.60. The molecule has 2 aromatic rings. The summed E-state index contributed by atoms with van der Waals surface area (Å²) in [6, 6.07) is 5.64. The Morgan fingerprint density at radius 2 is 2.00 bits per heavy atom. The lowest BCUT2D eigenvalue weighted by Crippen LogP contribution is -2.26. The molecule has 0 aliphatic carbocycles. The van der Waals surface area contributed by atoms with Gasteiger partial charge in [-0.1, -0.05) is 18.2 Å². The number of nitrogens with zero attached hydrogens (tertiary/aromatic N) is 1. The van der Waals surface area contributed by atoms with Crippen LogP contribution < -0.4 is 5.32 Å². The molecule has 0 spiro atoms. The second-order valence-corrected chi connectivity index (χ2v) is 7.65. The molecule has 2 N–H and O–H groups in total. The Morgan fingerprint density at radius 1 is 1.35 bits per heavy atom. The molecule has 0 aliphatic rings. The van der Waals surface area contributed by atoms with Gasteiger partial charge in [-0.2, -0.15) is 5.10 Å². The van der Waals surface area contributed by atoms with E-state index >= 15 is 0 Å². The van der Waals surface area contributed by atoms with E-state index in [0.717, 1.165) is 0 Å². The van der Waals surface area contributed by atoms with E-state index < -0.39 is 32.6 Å². The van der Waals surface area contributed by atoms with Crippen molar-refractivity contribution in [1.82, 2.24) is 10.2 Å². The zero-order valence-corrected chi connectivity index (χ0v) is 13.9. The molecule has 0 aliphatic heterocycles. The van der Waals surface area contributed by atoms with Gasteiger partial charge in [0, 0.05) is 5.56 Å². The number of aromatic nitrogens is 2. The third kappa shape index (κ3) is 3.76. The first-order valence-electron chi connectivity index (χ1n) is 6.99. The number of H-pyrrole nitrogens is 1. The van der Waals surface area contributed by atoms with Crippen LogP contribution in [0.25, 0.3) is 0 Å². The Hall–Kier alpha value is -2.22. The summed E-state index contributed by atoms with van der Waals surface area (Å²) < 4.78 is 38.4. The maximum atomic E-state index is 13.7. The number of rotatable bonds is 5. The average molecular weight is 339 g/mol. The molecular weight excluding hydrogens is 321 g/mol. The largest absolute Gasteiger partial charge is 0.322 e. The van der Waals surface area contributed by atoms with Crippen LogP contribution in [0.15, 0.2) is 24.3 Å². The lowest BCUT2D eigenvalue weighted by atomic mass is 10.1. The molecule has 1 atom stereocenters. The van der Waals surface area contributed by atoms with Gasteiger partial charge in [-0.15, -0.1) is 0 Å². The van der Waals surface area contributed by atoms with Gasteiger partial charge < -0.3 is 5.32 Å². The minimum absolute atomic E-state index is 0.0518. The topological polar surface area (TPSA) is 91.9 Å². The molecule has 0 saturated heterocycles. The van der Waals surface area contributed by atoms with Gasteiger partial charge in [0.05, 0.1) is 22.3 Å². The van der Waals surface area contributed by atoms with Crippen molar-refractivity contribution in [3.8, 4) is 0 Å². The number of halogens is 1. The van der Waals surface area contributed by atoms with E-state index in [1.165, 1.54) is 25.1 Å². The van der Waals surface area contributed by atoms with Crippen LogP contribution in [0.2, 0.25) is 0 Å². The van der Waals surface area contributed by atoms with Gasteiger partial charge in [0.1, 0.15) is 11.6 Å². The Labute approximate surface area is 134 Å². The summed E-state index contributed by atoms with van der Waals surface area (Å²) in [6.07, 6.45) is 0. The minimum Gasteiger partial charge on any atom is -0.322 e. The highest BCUT2D eigenvalue weighted by Crippen LogP contribution is 2.25. The van der Waals surface area contributed by atoms with Crippen molar-refractivity contribution >= 4 is 21.4 Å². The van der Waals surface area contributed by atoms with Crippen molar-refractivity contribution in [2.75, 3.05) is 11.1 Å². The molecule has 1 heterocycles. The van der Waals surface area contributed by atoms with E-state index in [9.17, 15) is 17.6 Å². The summed E-state index contributed by atoms with van der Waals surface area (Å²) in [4.78, 5) is 12.0. The second-order valence-electron chi connectivity index (χ2n) is 5.33. The number of hydrogen-bond acceptors (Lipinski definition) is 4. The molecule has 2 rings (SSSR count). The fourth-order valence-corrected chi connectivity index (χ4v) is 3.48. The van der Waals surface area contributed by atoms with Crippen LogP contribution in [-0.4, -0.2) is 30.3 Å². The van der Waals surface area contributed by atoms with E-state index in [2.05, 4.69) is 15.5 Å². The van der Waals surface area contributed by atoms with Crippen LogP contribution in [0.1, 0.15) is 29.1 Å². The van der Waals surface area contributed by atoms with Crippen LogP contribution in [0.3, 0.4) is 0 Å². The zero-order valence-electron chi connectivity index (χ0n) is 13.1. The lowest BCUT2D eigenvalue weighted by molar-refractivity contribution is -0.113. The predicted molar refractivity (Wildman–Crippen MR) is 85.3 cm³/mol. The Bertz CT molecular complexity index is 811. The maximum absolute atomic E-state index is 13.7. The van der Waals surface area contributed by atoms with Crippen molar-refractivity contribution < 1.29 is 17.6 Å². The molecule has 1 amide bonds. The highest BCUT2D eigenvalue weighted by Gasteiger charge is 2.28. The van der Waals surface area contributed by atoms with Crippen molar-refractivity contribution in [1.29, 1.82) is 0 Å². The first-order chi connectivity index (χ1) is 10.7. The normalized spacial score (nSPS) is 12.9. The molecule has 124 valence electrons. The molecule has 23 heavy (non-hydrogen) atoms. The Balaban J connectivity index is 2.15. The number of hydrogen-bond donors (Lipinski definition) is 2. The Kier molecular flexibility index (Phi) is 4.84. The van der Waals surface area contributed by atoms with Crippen LogP contribution in [-0.2, 0) is 14.6 Å². The van der Waals surface area contributed by atoms with Gasteiger partial charge in [-0.3, -0.25) is 9.89 Å². The van der Waals surface area contributed by atoms with Gasteiger partial charge in [0.25, 0.3) is 0 Å². The first-order valence-corrected chi connectivity index (χ1v) is 8.71. The molecule has 6 nitrogen and oxygen atoms in total. The lowest BCUT2D eigenvalue weighted by Gasteiger charge is -2.14. The number of aryl methyl sites for hydroxylation is 2. The summed E-state index contributed by atoms with van der Waals surface area (Å²) in [7, 11) is -3.85. The van der Waals surface area contributed by atoms with Gasteiger partial charge in [-0.25, -0.2) is 12.8 Å². The number of aromatic amines is 1. The number of benzene rings is 1. The van der Waals surface area contributed by atoms with E-state index in [1.54, 1.807) is 19.9 Å². The van der Waals surface area contributed by atoms with E-state index in [0.29, 0.717) is 17.1 Å². The summed E-state index contributed by atoms with van der Waals surface area (Å²) in [5.41, 5.74) is 1.71. The Morgan fingerprint density at radius 3 is 2.57 bits per heavy atom. The molecule has 0 radical (unpaired) electrons. The number of carbonyl (C=O) groups is 1. The molecule has 1 aromatic carbocycles. The van der Waals surface area contributed by atoms with Crippen LogP contribution in [0.4, 0.5) is 10.1 Å². The predicted octanol–water partition coefficient (Wildman–Crippen LogP) is 2.28. The molecule has 0 fully saturated rings. The monoisotopic (exact) mass is 339 g/mol. The standard InChI is InChI=1S/C15H18FN3O3S/c1-9-15(10(2)19-18-9)17-14(20)8-23(21,22)11(3)12-6-4-5-7-13(12)16/h4-7,11H,8H2,1-3H3,(H,17,20)(H,18,19)/t11-/m1/s1. The first kappa shape index (κ1) is 17.1. The maximum Gasteiger partial charge on any atom is 0.239 e. The van der Waals surface area contributed by atoms with Gasteiger partial charge in [0.15, 0.2) is 9.84 Å². The third-order valence-electron chi connectivity index (χ3n) is 3.61. The summed E-state index contributed by atoms with van der Waals surface area (Å²) >= 11 is 0. The molecule has 0 saturated carbocycles. The fourth-order valence-electron chi connectivity index (χ4n) is 2.22. The van der Waals surface area contributed by atoms with E-state index in [1.807, 2.05) is 0 Å². The van der Waals surface area contributed by atoms with Crippen molar-refractivity contribution in [2.45, 2.75) is 26.0 Å². The number of nitrogens with one attached hydrogen (secondary N) is 2. The molecule has 0 bridgehead atoms. The average Bonchev–Trinajstić information content (AvgIpc) is 2.78. The van der Waals surface area contributed by atoms with Crippen LogP contribution in [0, 0.1) is 19.7 Å². The summed E-state index contributed by atoms with van der Waals surface area (Å²) in [5.74, 6) is -2.02.